The lowest BCUT2D eigenvalue weighted by molar-refractivity contribution is 0.310. The van der Waals surface area contributed by atoms with E-state index in [9.17, 15) is 0 Å². The lowest BCUT2D eigenvalue weighted by Gasteiger charge is -2.39. The van der Waals surface area contributed by atoms with Gasteiger partial charge in [-0.2, -0.15) is 105 Å². The molecule has 1 aliphatic carbocycles. The minimum absolute atomic E-state index is 0.0762. The number of hydrogen-bond acceptors (Lipinski definition) is 42. The van der Waals surface area contributed by atoms with Gasteiger partial charge in [-0.05, 0) is 95.3 Å². The van der Waals surface area contributed by atoms with Crippen molar-refractivity contribution in [1.82, 2.24) is 134 Å². The van der Waals surface area contributed by atoms with Crippen LogP contribution in [0.25, 0.3) is 0 Å². The maximum absolute atomic E-state index is 5.55. The highest BCUT2D eigenvalue weighted by atomic mass is 15.5. The Morgan fingerprint density at radius 2 is 0.254 bits per heavy atom. The van der Waals surface area contributed by atoms with Crippen molar-refractivity contribution in [1.29, 1.82) is 0 Å². The van der Waals surface area contributed by atoms with Gasteiger partial charge >= 0.3 is 0 Å². The van der Waals surface area contributed by atoms with Gasteiger partial charge in [-0.3, -0.25) is 0 Å². The Labute approximate surface area is 689 Å². The standard InChI is InChI=1S/C76H112N42/c1-51-77-52(2)81-62(80-51)107-27-41-114(42-28-107)72-95-71(106-25-19-103(10)20-26-106)96-73(97-72)117-47-37-112(38-48-117)69-90-61(59-13-11-58(12-14-59)60-88-67(105-23-17-102(9)18-24-105)93-68(89-60)111-35-33-110(34-36-111)66-87-57(7)86-65(92-66)104-21-15-101(8)16-22-104)91-70(94-69)113-39-49-118(50-40-113)76-99-74(115-43-29-108(30-44-115)63-82-53(3)78-54(4)83-63)98-75(100-76)116-45-31-109(32-46-116)64-84-55(5)79-56(6)85-64/h58-59H,11-50H2,1-10H3. The van der Waals surface area contributed by atoms with Gasteiger partial charge in [0.25, 0.3) is 0 Å². The number of rotatable bonds is 17. The van der Waals surface area contributed by atoms with Crippen LogP contribution in [0.1, 0.15) is 89.9 Å². The molecule has 18 rings (SSSR count). The van der Waals surface area contributed by atoms with Crippen molar-refractivity contribution in [3.8, 4) is 0 Å². The van der Waals surface area contributed by atoms with Crippen LogP contribution in [0, 0.1) is 48.5 Å². The zero-order valence-electron chi connectivity index (χ0n) is 70.2. The van der Waals surface area contributed by atoms with Gasteiger partial charge in [0.15, 0.2) is 0 Å². The molecular weight excluding hydrogens is 1500 g/mol. The Morgan fingerprint density at radius 3 is 0.407 bits per heavy atom. The summed E-state index contributed by atoms with van der Waals surface area (Å²) in [5, 5.41) is 0. The van der Waals surface area contributed by atoms with Crippen LogP contribution in [0.2, 0.25) is 0 Å². The lowest BCUT2D eigenvalue weighted by atomic mass is 9.81. The van der Waals surface area contributed by atoms with Gasteiger partial charge in [0.1, 0.15) is 52.4 Å². The van der Waals surface area contributed by atoms with Crippen LogP contribution in [-0.4, -0.2) is 391 Å². The number of hydrogen-bond donors (Lipinski definition) is 0. The van der Waals surface area contributed by atoms with Gasteiger partial charge in [-0.1, -0.05) is 0 Å². The Balaban J connectivity index is 0.607. The van der Waals surface area contributed by atoms with Crippen LogP contribution in [0.3, 0.4) is 0 Å². The third-order valence-electron chi connectivity index (χ3n) is 24.6. The molecular formula is C76H112N42. The molecule has 0 N–H and O–H groups in total. The van der Waals surface area contributed by atoms with Crippen molar-refractivity contribution < 1.29 is 0 Å². The molecule has 17 heterocycles. The third-order valence-corrected chi connectivity index (χ3v) is 24.6. The fourth-order valence-corrected chi connectivity index (χ4v) is 17.4. The summed E-state index contributed by atoms with van der Waals surface area (Å²) in [5.74, 6) is 17.5. The zero-order chi connectivity index (χ0) is 80.7. The van der Waals surface area contributed by atoms with Crippen LogP contribution in [0.15, 0.2) is 0 Å². The van der Waals surface area contributed by atoms with E-state index in [1.54, 1.807) is 0 Å². The summed E-state index contributed by atoms with van der Waals surface area (Å²) in [6.07, 6.45) is 3.49. The molecule has 9 saturated heterocycles. The molecule has 8 aromatic heterocycles. The van der Waals surface area contributed by atoms with E-state index in [4.69, 9.17) is 105 Å². The Morgan fingerprint density at radius 1 is 0.144 bits per heavy atom. The number of aromatic nitrogens is 24. The SMILES string of the molecule is Cc1nc(C)nc(N2CCN(c3nc(N4CCN(C)CC4)nc(N4CCN(c5nc(C6CCC(c7nc(N8CCN(C)CC8)nc(N8CCN(c9nc(C)nc(N%10CCN(C)CC%10)n9)CC8)n7)CC6)nc(N6CCN(c7nc(N8CCN(c9nc(C)nc(C)n9)CC8)nc(N8CCN(c9nc(C)nc(C)n9)CC8)n7)CC6)n5)CC4)n3)CC2)n1. The highest BCUT2D eigenvalue weighted by molar-refractivity contribution is 5.54. The molecule has 42 nitrogen and oxygen atoms in total. The molecule has 1 saturated carbocycles. The maximum atomic E-state index is 5.55. The summed E-state index contributed by atoms with van der Waals surface area (Å²) in [6, 6.07) is 0. The van der Waals surface area contributed by atoms with E-state index >= 15 is 0 Å². The van der Waals surface area contributed by atoms with Crippen LogP contribution in [0.5, 0.6) is 0 Å². The van der Waals surface area contributed by atoms with Crippen molar-refractivity contribution in [3.63, 3.8) is 0 Å². The minimum Gasteiger partial charge on any atom is -0.338 e. The van der Waals surface area contributed by atoms with E-state index in [0.717, 1.165) is 202 Å². The summed E-state index contributed by atoms with van der Waals surface area (Å²) in [4.78, 5) is 162. The number of likely N-dealkylation sites (N-methyl/N-ethyl adjacent to an activating group) is 3. The minimum atomic E-state index is 0.0762. The van der Waals surface area contributed by atoms with Crippen molar-refractivity contribution in [2.45, 2.75) is 86.0 Å². The molecule has 0 bridgehead atoms. The van der Waals surface area contributed by atoms with Crippen LogP contribution in [0.4, 0.5) is 89.2 Å². The summed E-state index contributed by atoms with van der Waals surface area (Å²) < 4.78 is 0. The molecule has 9 aliphatic heterocycles. The monoisotopic (exact) mass is 1610 g/mol. The summed E-state index contributed by atoms with van der Waals surface area (Å²) >= 11 is 0. The summed E-state index contributed by atoms with van der Waals surface area (Å²) in [7, 11) is 6.53. The van der Waals surface area contributed by atoms with Crippen molar-refractivity contribution >= 4 is 89.2 Å². The van der Waals surface area contributed by atoms with Crippen molar-refractivity contribution in [2.75, 3.05) is 330 Å². The fourth-order valence-electron chi connectivity index (χ4n) is 17.4. The Bertz CT molecular complexity index is 4620. The van der Waals surface area contributed by atoms with E-state index in [-0.39, 0.29) is 11.8 Å². The quantitative estimate of drug-likeness (QED) is 0.116. The second kappa shape index (κ2) is 34.1. The van der Waals surface area contributed by atoms with Crippen LogP contribution >= 0.6 is 0 Å². The molecule has 10 fully saturated rings. The predicted octanol–water partition coefficient (Wildman–Crippen LogP) is -0.0181. The molecule has 8 aromatic rings. The first-order valence-corrected chi connectivity index (χ1v) is 42.5. The summed E-state index contributed by atoms with van der Waals surface area (Å²) in [6.45, 7) is 40.9. The number of aryl methyl sites for hydroxylation is 7. The number of nitrogens with zero attached hydrogens (tertiary/aromatic N) is 42. The third kappa shape index (κ3) is 17.7. The first kappa shape index (κ1) is 78.2. The first-order chi connectivity index (χ1) is 57.4. The van der Waals surface area contributed by atoms with Crippen molar-refractivity contribution in [3.05, 3.63) is 52.4 Å². The molecule has 0 atom stereocenters. The van der Waals surface area contributed by atoms with Crippen LogP contribution < -0.4 is 73.5 Å². The molecule has 0 spiro atoms. The predicted molar refractivity (Wildman–Crippen MR) is 451 cm³/mol. The fraction of sp³-hybridized carbons (Fsp3) is 0.684. The normalized spacial score (nSPS) is 21.5. The second-order valence-electron chi connectivity index (χ2n) is 33.0. The van der Waals surface area contributed by atoms with Gasteiger partial charge in [0, 0.05) is 247 Å². The maximum Gasteiger partial charge on any atom is 0.232 e. The number of piperazine rings is 9. The van der Waals surface area contributed by atoms with Gasteiger partial charge in [-0.25, -0.2) is 15.0 Å². The van der Waals surface area contributed by atoms with Gasteiger partial charge < -0.3 is 88.2 Å². The zero-order valence-corrected chi connectivity index (χ0v) is 70.2. The Hall–Kier alpha value is -11.0. The topological polar surface area (TPSA) is 368 Å². The molecule has 0 amide bonds. The van der Waals surface area contributed by atoms with E-state index in [1.807, 2.05) is 48.5 Å². The smallest absolute Gasteiger partial charge is 0.232 e. The second-order valence-corrected chi connectivity index (χ2v) is 33.0. The van der Waals surface area contributed by atoms with E-state index in [1.165, 1.54) is 0 Å². The van der Waals surface area contributed by atoms with Gasteiger partial charge in [0.05, 0.1) is 0 Å². The van der Waals surface area contributed by atoms with E-state index in [2.05, 4.69) is 124 Å². The molecule has 10 aliphatic rings. The number of anilines is 15. The highest BCUT2D eigenvalue weighted by Gasteiger charge is 2.37. The van der Waals surface area contributed by atoms with Crippen LogP contribution in [-0.2, 0) is 0 Å². The highest BCUT2D eigenvalue weighted by Crippen LogP contribution is 2.41. The van der Waals surface area contributed by atoms with Gasteiger partial charge in [0.2, 0.25) is 89.2 Å². The first-order valence-electron chi connectivity index (χ1n) is 42.5. The molecule has 0 radical (unpaired) electrons. The Kier molecular flexibility index (Phi) is 22.6. The average molecular weight is 1610 g/mol. The molecule has 42 heteroatoms. The summed E-state index contributed by atoms with van der Waals surface area (Å²) in [5.41, 5.74) is 0. The molecule has 626 valence electrons. The average Bonchev–Trinajstić information content (AvgIpc) is 0.782. The van der Waals surface area contributed by atoms with Crippen molar-refractivity contribution in [2.24, 2.45) is 0 Å². The lowest BCUT2D eigenvalue weighted by Crippen LogP contribution is -2.51. The largest absolute Gasteiger partial charge is 0.338 e. The molecule has 0 aromatic carbocycles. The van der Waals surface area contributed by atoms with E-state index in [0.29, 0.717) is 201 Å². The van der Waals surface area contributed by atoms with Gasteiger partial charge in [-0.15, -0.1) is 0 Å². The molecule has 0 unspecified atom stereocenters. The van der Waals surface area contributed by atoms with E-state index < -0.39 is 0 Å². The molecule has 118 heavy (non-hydrogen) atoms.